The summed E-state index contributed by atoms with van der Waals surface area (Å²) in [6, 6.07) is 12.9. The highest BCUT2D eigenvalue weighted by molar-refractivity contribution is 6.35. The minimum atomic E-state index is -0.374. The Morgan fingerprint density at radius 3 is 2.71 bits per heavy atom. The molecule has 1 saturated heterocycles. The van der Waals surface area contributed by atoms with Crippen LogP contribution in [0.4, 0.5) is 0 Å². The van der Waals surface area contributed by atoms with Gasteiger partial charge < -0.3 is 14.6 Å². The predicted molar refractivity (Wildman–Crippen MR) is 109 cm³/mol. The van der Waals surface area contributed by atoms with E-state index in [-0.39, 0.29) is 5.54 Å². The number of ether oxygens (including phenoxy) is 1. The maximum atomic E-state index is 9.54. The molecule has 1 fully saturated rings. The van der Waals surface area contributed by atoms with E-state index in [0.717, 1.165) is 30.6 Å². The van der Waals surface area contributed by atoms with Crippen molar-refractivity contribution in [3.63, 3.8) is 0 Å². The number of rotatable bonds is 4. The second-order valence-electron chi connectivity index (χ2n) is 6.82. The molecule has 5 nitrogen and oxygen atoms in total. The maximum absolute atomic E-state index is 9.54. The van der Waals surface area contributed by atoms with Crippen LogP contribution in [0.1, 0.15) is 29.7 Å². The van der Waals surface area contributed by atoms with E-state index in [9.17, 15) is 5.26 Å². The molecule has 7 heteroatoms. The largest absolute Gasteiger partial charge is 0.454 e. The predicted octanol–water partition coefficient (Wildman–Crippen LogP) is 5.02. The summed E-state index contributed by atoms with van der Waals surface area (Å²) >= 11 is 12.2. The minimum absolute atomic E-state index is 0.374. The fraction of sp³-hybridized carbons (Fsp3) is 0.238. The van der Waals surface area contributed by atoms with Gasteiger partial charge in [-0.15, -0.1) is 0 Å². The molecule has 2 heterocycles. The van der Waals surface area contributed by atoms with Crippen molar-refractivity contribution in [1.82, 2.24) is 14.9 Å². The van der Waals surface area contributed by atoms with Gasteiger partial charge in [0.1, 0.15) is 17.6 Å². The molecule has 0 aliphatic carbocycles. The summed E-state index contributed by atoms with van der Waals surface area (Å²) in [5, 5.41) is 14.1. The molecular weight excluding hydrogens is 395 g/mol. The third-order valence-corrected chi connectivity index (χ3v) is 5.65. The number of hydrogen-bond donors (Lipinski definition) is 1. The first-order valence-corrected chi connectivity index (χ1v) is 9.68. The van der Waals surface area contributed by atoms with Crippen LogP contribution in [0.25, 0.3) is 0 Å². The van der Waals surface area contributed by atoms with E-state index in [1.165, 1.54) is 0 Å². The zero-order chi connectivity index (χ0) is 19.7. The van der Waals surface area contributed by atoms with Gasteiger partial charge in [-0.05, 0) is 55.3 Å². The van der Waals surface area contributed by atoms with Gasteiger partial charge in [-0.25, -0.2) is 4.98 Å². The van der Waals surface area contributed by atoms with Crippen molar-refractivity contribution in [2.75, 3.05) is 6.54 Å². The van der Waals surface area contributed by atoms with E-state index in [1.54, 1.807) is 30.6 Å². The molecule has 1 N–H and O–H groups in total. The molecule has 142 valence electrons. The summed E-state index contributed by atoms with van der Waals surface area (Å²) < 4.78 is 8.04. The molecule has 0 amide bonds. The Morgan fingerprint density at radius 1 is 1.21 bits per heavy atom. The van der Waals surface area contributed by atoms with Crippen molar-refractivity contribution >= 4 is 23.2 Å². The van der Waals surface area contributed by atoms with E-state index in [4.69, 9.17) is 27.9 Å². The second kappa shape index (κ2) is 7.48. The van der Waals surface area contributed by atoms with E-state index in [2.05, 4.69) is 16.4 Å². The van der Waals surface area contributed by atoms with Gasteiger partial charge in [-0.2, -0.15) is 5.26 Å². The Balaban J connectivity index is 1.80. The van der Waals surface area contributed by atoms with Crippen molar-refractivity contribution < 1.29 is 4.74 Å². The van der Waals surface area contributed by atoms with Gasteiger partial charge in [0.25, 0.3) is 0 Å². The van der Waals surface area contributed by atoms with Gasteiger partial charge in [-0.1, -0.05) is 29.3 Å². The number of halogens is 2. The molecule has 1 aliphatic rings. The molecule has 1 aromatic heterocycles. The Morgan fingerprint density at radius 2 is 2.07 bits per heavy atom. The third kappa shape index (κ3) is 3.24. The smallest absolute Gasteiger partial charge is 0.146 e. The van der Waals surface area contributed by atoms with E-state index in [0.29, 0.717) is 27.1 Å². The number of nitrogens with zero attached hydrogens (tertiary/aromatic N) is 3. The summed E-state index contributed by atoms with van der Waals surface area (Å²) in [7, 11) is 1.98. The standard InChI is InChI=1S/C21H18Cl2N4O/c1-27-13-25-12-20(27)21(7-2-8-26-21)15-4-3-14(11-24)19(9-15)28-18-6-5-16(22)10-17(18)23/h3-6,9-10,12-13,26H,2,7-8H2,1H3/t21-/m1/s1. The van der Waals surface area contributed by atoms with Crippen LogP contribution in [0, 0.1) is 11.3 Å². The summed E-state index contributed by atoms with van der Waals surface area (Å²) in [5.74, 6) is 0.910. The Hall–Kier alpha value is -2.52. The Labute approximate surface area is 173 Å². The normalized spacial score (nSPS) is 18.8. The van der Waals surface area contributed by atoms with Crippen LogP contribution in [0.15, 0.2) is 48.9 Å². The van der Waals surface area contributed by atoms with Crippen LogP contribution in [0.5, 0.6) is 11.5 Å². The number of hydrogen-bond acceptors (Lipinski definition) is 4. The molecule has 4 rings (SSSR count). The van der Waals surface area contributed by atoms with Crippen LogP contribution < -0.4 is 10.1 Å². The van der Waals surface area contributed by atoms with Crippen molar-refractivity contribution in [1.29, 1.82) is 5.26 Å². The van der Waals surface area contributed by atoms with Gasteiger partial charge in [0.15, 0.2) is 0 Å². The first kappa shape index (κ1) is 18.8. The fourth-order valence-electron chi connectivity index (χ4n) is 3.77. The first-order valence-electron chi connectivity index (χ1n) is 8.93. The highest BCUT2D eigenvalue weighted by atomic mass is 35.5. The molecule has 1 aliphatic heterocycles. The zero-order valence-electron chi connectivity index (χ0n) is 15.2. The lowest BCUT2D eigenvalue weighted by molar-refractivity contribution is 0.438. The van der Waals surface area contributed by atoms with Gasteiger partial charge in [0, 0.05) is 12.1 Å². The van der Waals surface area contributed by atoms with Crippen molar-refractivity contribution in [2.24, 2.45) is 7.05 Å². The van der Waals surface area contributed by atoms with Crippen molar-refractivity contribution in [3.8, 4) is 17.6 Å². The third-order valence-electron chi connectivity index (χ3n) is 5.12. The topological polar surface area (TPSA) is 62.9 Å². The van der Waals surface area contributed by atoms with Crippen LogP contribution in [0.3, 0.4) is 0 Å². The number of imidazole rings is 1. The fourth-order valence-corrected chi connectivity index (χ4v) is 4.21. The molecule has 0 spiro atoms. The number of nitriles is 1. The highest BCUT2D eigenvalue weighted by Crippen LogP contribution is 2.40. The van der Waals surface area contributed by atoms with Crippen molar-refractivity contribution in [3.05, 3.63) is 75.8 Å². The number of nitrogens with one attached hydrogen (secondary N) is 1. The Kier molecular flexibility index (Phi) is 5.03. The van der Waals surface area contributed by atoms with Gasteiger partial charge in [0.2, 0.25) is 0 Å². The average Bonchev–Trinajstić information content (AvgIpc) is 3.33. The summed E-state index contributed by atoms with van der Waals surface area (Å²) in [6.07, 6.45) is 5.66. The molecule has 3 aromatic rings. The molecule has 0 unspecified atom stereocenters. The van der Waals surface area contributed by atoms with Gasteiger partial charge in [-0.3, -0.25) is 0 Å². The second-order valence-corrected chi connectivity index (χ2v) is 7.67. The maximum Gasteiger partial charge on any atom is 0.146 e. The van der Waals surface area contributed by atoms with Crippen LogP contribution in [0.2, 0.25) is 10.0 Å². The monoisotopic (exact) mass is 412 g/mol. The molecule has 2 aromatic carbocycles. The first-order chi connectivity index (χ1) is 13.5. The number of aryl methyl sites for hydroxylation is 1. The molecule has 0 radical (unpaired) electrons. The number of aromatic nitrogens is 2. The van der Waals surface area contributed by atoms with E-state index < -0.39 is 0 Å². The molecule has 1 atom stereocenters. The zero-order valence-corrected chi connectivity index (χ0v) is 16.8. The van der Waals surface area contributed by atoms with Crippen molar-refractivity contribution in [2.45, 2.75) is 18.4 Å². The SMILES string of the molecule is Cn1cncc1[C@]1(c2ccc(C#N)c(Oc3ccc(Cl)cc3Cl)c2)CCCN1. The van der Waals surface area contributed by atoms with Crippen LogP contribution in [-0.2, 0) is 12.6 Å². The molecule has 0 saturated carbocycles. The van der Waals surface area contributed by atoms with E-state index in [1.807, 2.05) is 29.9 Å². The lowest BCUT2D eigenvalue weighted by atomic mass is 9.84. The van der Waals surface area contributed by atoms with E-state index >= 15 is 0 Å². The molecular formula is C21H18Cl2N4O. The lowest BCUT2D eigenvalue weighted by Crippen LogP contribution is -2.39. The molecule has 0 bridgehead atoms. The average molecular weight is 413 g/mol. The minimum Gasteiger partial charge on any atom is -0.454 e. The summed E-state index contributed by atoms with van der Waals surface area (Å²) in [6.45, 7) is 0.907. The van der Waals surface area contributed by atoms with Crippen LogP contribution in [-0.4, -0.2) is 16.1 Å². The lowest BCUT2D eigenvalue weighted by Gasteiger charge is -2.31. The van der Waals surface area contributed by atoms with Gasteiger partial charge in [0.05, 0.1) is 34.3 Å². The summed E-state index contributed by atoms with van der Waals surface area (Å²) in [5.41, 5.74) is 2.16. The highest BCUT2D eigenvalue weighted by Gasteiger charge is 2.39. The quantitative estimate of drug-likeness (QED) is 0.653. The Bertz CT molecular complexity index is 1060. The molecule has 28 heavy (non-hydrogen) atoms. The van der Waals surface area contributed by atoms with Crippen LogP contribution >= 0.6 is 23.2 Å². The summed E-state index contributed by atoms with van der Waals surface area (Å²) in [4.78, 5) is 4.29. The number of benzene rings is 2. The van der Waals surface area contributed by atoms with Gasteiger partial charge >= 0.3 is 0 Å².